The van der Waals surface area contributed by atoms with E-state index in [2.05, 4.69) is 0 Å². The average molecular weight is 316 g/mol. The summed E-state index contributed by atoms with van der Waals surface area (Å²) < 4.78 is 27.6. The molecular weight excluding hydrogens is 306 g/mol. The minimum atomic E-state index is -0.965. The van der Waals surface area contributed by atoms with Gasteiger partial charge < -0.3 is 0 Å². The molecule has 0 N–H and O–H groups in total. The summed E-state index contributed by atoms with van der Waals surface area (Å²) in [6.07, 6.45) is 0. The Labute approximate surface area is 137 Å². The molecule has 0 saturated heterocycles. The molecule has 0 aromatic heterocycles. The largest absolute Gasteiger partial charge is 0.204 e. The Kier molecular flexibility index (Phi) is 4.05. The van der Waals surface area contributed by atoms with Crippen molar-refractivity contribution in [2.75, 3.05) is 0 Å². The van der Waals surface area contributed by atoms with Gasteiger partial charge in [0, 0.05) is 0 Å². The molecule has 2 nitrogen and oxygen atoms in total. The highest BCUT2D eigenvalue weighted by Gasteiger charge is 2.14. The van der Waals surface area contributed by atoms with Crippen molar-refractivity contribution in [2.24, 2.45) is 0 Å². The molecule has 24 heavy (non-hydrogen) atoms. The number of nitriles is 2. The molecule has 0 heterocycles. The zero-order chi connectivity index (χ0) is 17.1. The molecule has 0 amide bonds. The molecule has 3 aromatic carbocycles. The Morgan fingerprint density at radius 3 is 1.42 bits per heavy atom. The minimum Gasteiger partial charge on any atom is -0.204 e. The predicted octanol–water partition coefficient (Wildman–Crippen LogP) is 5.04. The summed E-state index contributed by atoms with van der Waals surface area (Å²) in [6.45, 7) is 0. The van der Waals surface area contributed by atoms with Crippen LogP contribution < -0.4 is 0 Å². The van der Waals surface area contributed by atoms with Gasteiger partial charge in [-0.1, -0.05) is 24.3 Å². The maximum Gasteiger partial charge on any atom is 0.159 e. The number of benzene rings is 3. The normalized spacial score (nSPS) is 10.0. The Morgan fingerprint density at radius 2 is 1.04 bits per heavy atom. The highest BCUT2D eigenvalue weighted by molar-refractivity contribution is 5.84. The number of nitrogens with zero attached hydrogens (tertiary/aromatic N) is 2. The van der Waals surface area contributed by atoms with Crippen LogP contribution in [0.15, 0.2) is 60.7 Å². The fourth-order valence-electron chi connectivity index (χ4n) is 2.54. The van der Waals surface area contributed by atoms with Crippen molar-refractivity contribution in [2.45, 2.75) is 0 Å². The van der Waals surface area contributed by atoms with Crippen LogP contribution in [-0.4, -0.2) is 0 Å². The van der Waals surface area contributed by atoms with Crippen LogP contribution >= 0.6 is 0 Å². The monoisotopic (exact) mass is 316 g/mol. The highest BCUT2D eigenvalue weighted by atomic mass is 19.2. The Hall–Kier alpha value is -3.50. The molecule has 0 saturated carbocycles. The molecule has 0 fully saturated rings. The van der Waals surface area contributed by atoms with Gasteiger partial charge >= 0.3 is 0 Å². The van der Waals surface area contributed by atoms with Gasteiger partial charge in [0.15, 0.2) is 11.6 Å². The molecule has 3 aromatic rings. The molecule has 0 radical (unpaired) electrons. The second-order valence-electron chi connectivity index (χ2n) is 5.20. The van der Waals surface area contributed by atoms with Crippen molar-refractivity contribution in [3.63, 3.8) is 0 Å². The lowest BCUT2D eigenvalue weighted by Gasteiger charge is -2.12. The van der Waals surface area contributed by atoms with Crippen LogP contribution in [0.4, 0.5) is 8.78 Å². The van der Waals surface area contributed by atoms with Crippen LogP contribution in [0, 0.1) is 34.3 Å². The quantitative estimate of drug-likeness (QED) is 0.665. The van der Waals surface area contributed by atoms with E-state index in [0.29, 0.717) is 33.4 Å². The van der Waals surface area contributed by atoms with Gasteiger partial charge in [-0.15, -0.1) is 0 Å². The number of rotatable bonds is 2. The van der Waals surface area contributed by atoms with Crippen LogP contribution in [0.2, 0.25) is 0 Å². The maximum absolute atomic E-state index is 13.8. The molecule has 0 unspecified atom stereocenters. The van der Waals surface area contributed by atoms with Crippen molar-refractivity contribution in [1.29, 1.82) is 10.5 Å². The Bertz CT molecular complexity index is 928. The first-order chi connectivity index (χ1) is 11.6. The zero-order valence-corrected chi connectivity index (χ0v) is 12.4. The fourth-order valence-corrected chi connectivity index (χ4v) is 2.54. The third-order valence-corrected chi connectivity index (χ3v) is 3.67. The molecule has 114 valence electrons. The van der Waals surface area contributed by atoms with Gasteiger partial charge in [0.2, 0.25) is 0 Å². The summed E-state index contributed by atoms with van der Waals surface area (Å²) in [5.41, 5.74) is 2.97. The van der Waals surface area contributed by atoms with E-state index in [-0.39, 0.29) is 0 Å². The first kappa shape index (κ1) is 15.4. The summed E-state index contributed by atoms with van der Waals surface area (Å²) in [7, 11) is 0. The first-order valence-electron chi connectivity index (χ1n) is 7.12. The molecule has 0 bridgehead atoms. The van der Waals surface area contributed by atoms with Crippen molar-refractivity contribution >= 4 is 0 Å². The van der Waals surface area contributed by atoms with Gasteiger partial charge in [-0.25, -0.2) is 8.78 Å². The van der Waals surface area contributed by atoms with Gasteiger partial charge in [-0.3, -0.25) is 0 Å². The third kappa shape index (κ3) is 2.86. The summed E-state index contributed by atoms with van der Waals surface area (Å²) in [5.74, 6) is -1.93. The number of hydrogen-bond donors (Lipinski definition) is 0. The van der Waals surface area contributed by atoms with Crippen molar-refractivity contribution in [1.82, 2.24) is 0 Å². The molecule has 4 heteroatoms. The lowest BCUT2D eigenvalue weighted by Crippen LogP contribution is -1.92. The van der Waals surface area contributed by atoms with Gasteiger partial charge in [0.25, 0.3) is 0 Å². The van der Waals surface area contributed by atoms with Gasteiger partial charge in [0.1, 0.15) is 0 Å². The Morgan fingerprint density at radius 1 is 0.625 bits per heavy atom. The van der Waals surface area contributed by atoms with E-state index in [9.17, 15) is 8.78 Å². The van der Waals surface area contributed by atoms with E-state index < -0.39 is 11.6 Å². The lowest BCUT2D eigenvalue weighted by atomic mass is 9.93. The fraction of sp³-hybridized carbons (Fsp3) is 0. The maximum atomic E-state index is 13.8. The summed E-state index contributed by atoms with van der Waals surface area (Å²) in [5, 5.41) is 18.1. The van der Waals surface area contributed by atoms with Crippen molar-refractivity contribution in [3.8, 4) is 34.4 Å². The smallest absolute Gasteiger partial charge is 0.159 e. The molecule has 0 aliphatic carbocycles. The van der Waals surface area contributed by atoms with E-state index in [4.69, 9.17) is 10.5 Å². The van der Waals surface area contributed by atoms with E-state index >= 15 is 0 Å². The SMILES string of the molecule is N#Cc1cccc(-c2cc(F)c(F)cc2-c2cccc(C#N)c2)c1. The third-order valence-electron chi connectivity index (χ3n) is 3.67. The molecule has 0 aliphatic heterocycles. The number of hydrogen-bond acceptors (Lipinski definition) is 2. The molecule has 0 aliphatic rings. The number of halogens is 2. The second kappa shape index (κ2) is 6.32. The average Bonchev–Trinajstić information content (AvgIpc) is 2.63. The van der Waals surface area contributed by atoms with E-state index in [1.54, 1.807) is 48.5 Å². The first-order valence-corrected chi connectivity index (χ1v) is 7.12. The zero-order valence-electron chi connectivity index (χ0n) is 12.4. The van der Waals surface area contributed by atoms with E-state index in [1.165, 1.54) is 0 Å². The second-order valence-corrected chi connectivity index (χ2v) is 5.20. The molecule has 0 atom stereocenters. The summed E-state index contributed by atoms with van der Waals surface area (Å²) in [6, 6.07) is 19.6. The minimum absolute atomic E-state index is 0.425. The van der Waals surface area contributed by atoms with Crippen LogP contribution in [-0.2, 0) is 0 Å². The summed E-state index contributed by atoms with van der Waals surface area (Å²) in [4.78, 5) is 0. The van der Waals surface area contributed by atoms with E-state index in [0.717, 1.165) is 12.1 Å². The van der Waals surface area contributed by atoms with Crippen LogP contribution in [0.25, 0.3) is 22.3 Å². The molecular formula is C20H10F2N2. The molecule has 3 rings (SSSR count). The van der Waals surface area contributed by atoms with E-state index in [1.807, 2.05) is 12.1 Å². The highest BCUT2D eigenvalue weighted by Crippen LogP contribution is 2.34. The lowest BCUT2D eigenvalue weighted by molar-refractivity contribution is 0.509. The molecule has 0 spiro atoms. The summed E-state index contributed by atoms with van der Waals surface area (Å²) >= 11 is 0. The van der Waals surface area contributed by atoms with Gasteiger partial charge in [-0.05, 0) is 58.7 Å². The van der Waals surface area contributed by atoms with Gasteiger partial charge in [0.05, 0.1) is 23.3 Å². The van der Waals surface area contributed by atoms with Gasteiger partial charge in [-0.2, -0.15) is 10.5 Å². The standard InChI is InChI=1S/C20H10F2N2/c21-19-9-17(15-5-1-3-13(7-15)11-23)18(10-20(19)22)16-6-2-4-14(8-16)12-24/h1-10H. The van der Waals surface area contributed by atoms with Crippen LogP contribution in [0.3, 0.4) is 0 Å². The van der Waals surface area contributed by atoms with Crippen LogP contribution in [0.5, 0.6) is 0 Å². The van der Waals surface area contributed by atoms with Crippen molar-refractivity contribution < 1.29 is 8.78 Å². The predicted molar refractivity (Wildman–Crippen MR) is 86.7 cm³/mol. The van der Waals surface area contributed by atoms with Crippen LogP contribution in [0.1, 0.15) is 11.1 Å². The Balaban J connectivity index is 2.28. The van der Waals surface area contributed by atoms with Crippen molar-refractivity contribution in [3.05, 3.63) is 83.4 Å². The topological polar surface area (TPSA) is 47.6 Å².